The van der Waals surface area contributed by atoms with Crippen LogP contribution in [0, 0.1) is 6.92 Å². The summed E-state index contributed by atoms with van der Waals surface area (Å²) in [5, 5.41) is 3.45. The fourth-order valence-corrected chi connectivity index (χ4v) is 3.94. The van der Waals surface area contributed by atoms with Crippen molar-refractivity contribution in [3.05, 3.63) is 23.8 Å². The molecule has 4 nitrogen and oxygen atoms in total. The number of anilines is 2. The molecule has 0 amide bonds. The molecule has 0 bridgehead atoms. The summed E-state index contributed by atoms with van der Waals surface area (Å²) in [4.78, 5) is 2.09. The van der Waals surface area contributed by atoms with Gasteiger partial charge in [-0.2, -0.15) is 0 Å². The first-order chi connectivity index (χ1) is 8.87. The van der Waals surface area contributed by atoms with Crippen LogP contribution in [-0.4, -0.2) is 40.1 Å². The molecule has 2 rings (SSSR count). The lowest BCUT2D eigenvalue weighted by atomic mass is 10.1. The first-order valence-corrected chi connectivity index (χ1v) is 8.44. The van der Waals surface area contributed by atoms with E-state index in [1.165, 1.54) is 11.3 Å². The van der Waals surface area contributed by atoms with Gasteiger partial charge in [-0.25, -0.2) is 8.42 Å². The normalized spacial score (nSPS) is 19.1. The Hall–Kier alpha value is -1.23. The highest BCUT2D eigenvalue weighted by atomic mass is 32.2. The fraction of sp³-hybridized carbons (Fsp3) is 0.571. The van der Waals surface area contributed by atoms with Crippen LogP contribution in [0.2, 0.25) is 0 Å². The average molecular weight is 282 g/mol. The molecule has 1 aromatic carbocycles. The van der Waals surface area contributed by atoms with E-state index in [9.17, 15) is 8.42 Å². The van der Waals surface area contributed by atoms with Crippen molar-refractivity contribution in [2.45, 2.75) is 25.8 Å². The number of hydrogen-bond acceptors (Lipinski definition) is 4. The van der Waals surface area contributed by atoms with Crippen molar-refractivity contribution in [3.8, 4) is 0 Å². The molecular formula is C14H22N2O2S. The first kappa shape index (κ1) is 14.2. The molecule has 1 N–H and O–H groups in total. The molecule has 0 atom stereocenters. The van der Waals surface area contributed by atoms with Gasteiger partial charge in [0.25, 0.3) is 0 Å². The molecule has 106 valence electrons. The van der Waals surface area contributed by atoms with E-state index in [4.69, 9.17) is 0 Å². The zero-order valence-corrected chi connectivity index (χ0v) is 12.6. The highest BCUT2D eigenvalue weighted by Crippen LogP contribution is 2.24. The molecule has 1 aliphatic heterocycles. The summed E-state index contributed by atoms with van der Waals surface area (Å²) >= 11 is 0. The molecule has 0 radical (unpaired) electrons. The van der Waals surface area contributed by atoms with Crippen LogP contribution in [0.1, 0.15) is 18.4 Å². The summed E-state index contributed by atoms with van der Waals surface area (Å²) in [6, 6.07) is 6.54. The third-order valence-electron chi connectivity index (χ3n) is 3.62. The molecule has 5 heteroatoms. The Kier molecular flexibility index (Phi) is 4.04. The van der Waals surface area contributed by atoms with Crippen LogP contribution in [-0.2, 0) is 9.84 Å². The Labute approximate surface area is 115 Å². The highest BCUT2D eigenvalue weighted by molar-refractivity contribution is 7.91. The van der Waals surface area contributed by atoms with Crippen LogP contribution in [0.3, 0.4) is 0 Å². The Bertz CT molecular complexity index is 539. The Balaban J connectivity index is 2.06. The minimum absolute atomic E-state index is 0.265. The summed E-state index contributed by atoms with van der Waals surface area (Å²) in [5.41, 5.74) is 3.49. The van der Waals surface area contributed by atoms with Crippen LogP contribution >= 0.6 is 0 Å². The summed E-state index contributed by atoms with van der Waals surface area (Å²) < 4.78 is 22.8. The van der Waals surface area contributed by atoms with E-state index in [1.807, 2.05) is 14.1 Å². The molecule has 19 heavy (non-hydrogen) atoms. The topological polar surface area (TPSA) is 49.4 Å². The van der Waals surface area contributed by atoms with Crippen molar-refractivity contribution < 1.29 is 8.42 Å². The van der Waals surface area contributed by atoms with Gasteiger partial charge in [-0.1, -0.05) is 6.07 Å². The second-order valence-corrected chi connectivity index (χ2v) is 7.77. The molecule has 0 unspecified atom stereocenters. The Morgan fingerprint density at radius 3 is 2.42 bits per heavy atom. The lowest BCUT2D eigenvalue weighted by molar-refractivity contribution is 0.559. The van der Waals surface area contributed by atoms with Crippen LogP contribution in [0.5, 0.6) is 0 Å². The predicted octanol–water partition coefficient (Wildman–Crippen LogP) is 2.05. The molecule has 1 heterocycles. The molecular weight excluding hydrogens is 260 g/mol. The smallest absolute Gasteiger partial charge is 0.150 e. The van der Waals surface area contributed by atoms with E-state index in [2.05, 4.69) is 35.3 Å². The predicted molar refractivity (Wildman–Crippen MR) is 80.8 cm³/mol. The van der Waals surface area contributed by atoms with Gasteiger partial charge in [0, 0.05) is 31.5 Å². The van der Waals surface area contributed by atoms with E-state index in [0.29, 0.717) is 24.3 Å². The molecule has 1 saturated heterocycles. The number of nitrogens with zero attached hydrogens (tertiary/aromatic N) is 1. The summed E-state index contributed by atoms with van der Waals surface area (Å²) in [5.74, 6) is 0.605. The maximum absolute atomic E-state index is 11.4. The van der Waals surface area contributed by atoms with E-state index < -0.39 is 9.84 Å². The molecule has 1 fully saturated rings. The monoisotopic (exact) mass is 282 g/mol. The zero-order chi connectivity index (χ0) is 14.0. The minimum Gasteiger partial charge on any atom is -0.382 e. The lowest BCUT2D eigenvalue weighted by Gasteiger charge is -2.25. The standard InChI is InChI=1S/C14H22N2O2S/c1-11-4-5-13(10-14(11)16(2)3)15-12-6-8-19(17,18)9-7-12/h4-5,10,12,15H,6-9H2,1-3H3. The van der Waals surface area contributed by atoms with E-state index in [1.54, 1.807) is 0 Å². The van der Waals surface area contributed by atoms with Gasteiger partial charge in [0.1, 0.15) is 9.84 Å². The van der Waals surface area contributed by atoms with Gasteiger partial charge in [-0.3, -0.25) is 0 Å². The highest BCUT2D eigenvalue weighted by Gasteiger charge is 2.23. The fourth-order valence-electron chi connectivity index (χ4n) is 2.45. The number of sulfone groups is 1. The molecule has 0 spiro atoms. The van der Waals surface area contributed by atoms with Crippen LogP contribution in [0.25, 0.3) is 0 Å². The summed E-state index contributed by atoms with van der Waals surface area (Å²) in [7, 11) is 1.27. The van der Waals surface area contributed by atoms with Crippen LogP contribution in [0.15, 0.2) is 18.2 Å². The van der Waals surface area contributed by atoms with Gasteiger partial charge < -0.3 is 10.2 Å². The van der Waals surface area contributed by atoms with Crippen molar-refractivity contribution in [2.75, 3.05) is 35.8 Å². The van der Waals surface area contributed by atoms with Gasteiger partial charge in [-0.05, 0) is 37.5 Å². The number of nitrogens with one attached hydrogen (secondary N) is 1. The second-order valence-electron chi connectivity index (χ2n) is 5.47. The van der Waals surface area contributed by atoms with E-state index in [-0.39, 0.29) is 6.04 Å². The Morgan fingerprint density at radius 2 is 1.84 bits per heavy atom. The van der Waals surface area contributed by atoms with Crippen LogP contribution in [0.4, 0.5) is 11.4 Å². The zero-order valence-electron chi connectivity index (χ0n) is 11.8. The van der Waals surface area contributed by atoms with Crippen molar-refractivity contribution in [3.63, 3.8) is 0 Å². The first-order valence-electron chi connectivity index (χ1n) is 6.62. The SMILES string of the molecule is Cc1ccc(NC2CCS(=O)(=O)CC2)cc1N(C)C. The molecule has 1 aromatic rings. The average Bonchev–Trinajstić information content (AvgIpc) is 2.34. The van der Waals surface area contributed by atoms with Gasteiger partial charge in [-0.15, -0.1) is 0 Å². The summed E-state index contributed by atoms with van der Waals surface area (Å²) in [6.45, 7) is 2.09. The maximum Gasteiger partial charge on any atom is 0.150 e. The quantitative estimate of drug-likeness (QED) is 0.922. The third kappa shape index (κ3) is 3.62. The van der Waals surface area contributed by atoms with Crippen molar-refractivity contribution in [2.24, 2.45) is 0 Å². The van der Waals surface area contributed by atoms with Gasteiger partial charge in [0.2, 0.25) is 0 Å². The minimum atomic E-state index is -2.78. The van der Waals surface area contributed by atoms with Crippen molar-refractivity contribution in [1.29, 1.82) is 0 Å². The summed E-state index contributed by atoms with van der Waals surface area (Å²) in [6.07, 6.45) is 1.40. The molecule has 0 aliphatic carbocycles. The lowest BCUT2D eigenvalue weighted by Crippen LogP contribution is -2.32. The van der Waals surface area contributed by atoms with Crippen molar-refractivity contribution in [1.82, 2.24) is 0 Å². The van der Waals surface area contributed by atoms with Gasteiger partial charge >= 0.3 is 0 Å². The van der Waals surface area contributed by atoms with E-state index >= 15 is 0 Å². The molecule has 0 aromatic heterocycles. The number of benzene rings is 1. The molecule has 1 aliphatic rings. The number of hydrogen-bond donors (Lipinski definition) is 1. The Morgan fingerprint density at radius 1 is 1.21 bits per heavy atom. The van der Waals surface area contributed by atoms with Gasteiger partial charge in [0.15, 0.2) is 0 Å². The second kappa shape index (κ2) is 5.41. The molecule has 0 saturated carbocycles. The number of aryl methyl sites for hydroxylation is 1. The largest absolute Gasteiger partial charge is 0.382 e. The van der Waals surface area contributed by atoms with Gasteiger partial charge in [0.05, 0.1) is 11.5 Å². The third-order valence-corrected chi connectivity index (χ3v) is 5.33. The number of rotatable bonds is 3. The van der Waals surface area contributed by atoms with Crippen LogP contribution < -0.4 is 10.2 Å². The van der Waals surface area contributed by atoms with Crippen molar-refractivity contribution >= 4 is 21.2 Å². The van der Waals surface area contributed by atoms with E-state index in [0.717, 1.165) is 5.69 Å². The maximum atomic E-state index is 11.4.